The van der Waals surface area contributed by atoms with Crippen molar-refractivity contribution in [3.8, 4) is 5.75 Å². The van der Waals surface area contributed by atoms with Crippen LogP contribution in [0.3, 0.4) is 0 Å². The van der Waals surface area contributed by atoms with E-state index >= 15 is 0 Å². The lowest BCUT2D eigenvalue weighted by molar-refractivity contribution is 0.305. The van der Waals surface area contributed by atoms with Gasteiger partial charge in [-0.05, 0) is 48.4 Å². The summed E-state index contributed by atoms with van der Waals surface area (Å²) in [6.45, 7) is 4.57. The third kappa shape index (κ3) is 7.49. The fourth-order valence-corrected chi connectivity index (χ4v) is 2.23. The second kappa shape index (κ2) is 11.0. The molecule has 23 heavy (non-hydrogen) atoms. The highest BCUT2D eigenvalue weighted by Crippen LogP contribution is 2.15. The van der Waals surface area contributed by atoms with Gasteiger partial charge in [0, 0.05) is 6.54 Å². The van der Waals surface area contributed by atoms with Gasteiger partial charge < -0.3 is 10.1 Å². The summed E-state index contributed by atoms with van der Waals surface area (Å²) < 4.78 is 18.6. The van der Waals surface area contributed by atoms with Crippen LogP contribution in [0.1, 0.15) is 37.3 Å². The molecule has 0 saturated heterocycles. The predicted molar refractivity (Wildman–Crippen MR) is 95.7 cm³/mol. The maximum absolute atomic E-state index is 12.9. The van der Waals surface area contributed by atoms with Crippen LogP contribution in [-0.2, 0) is 13.2 Å². The van der Waals surface area contributed by atoms with Crippen LogP contribution >= 0.6 is 12.4 Å². The molecule has 0 aliphatic heterocycles. The van der Waals surface area contributed by atoms with Crippen molar-refractivity contribution in [3.63, 3.8) is 0 Å². The summed E-state index contributed by atoms with van der Waals surface area (Å²) >= 11 is 0. The topological polar surface area (TPSA) is 21.3 Å². The lowest BCUT2D eigenvalue weighted by atomic mass is 10.2. The van der Waals surface area contributed by atoms with Gasteiger partial charge in [0.1, 0.15) is 18.2 Å². The Labute approximate surface area is 144 Å². The van der Waals surface area contributed by atoms with Gasteiger partial charge in [-0.15, -0.1) is 12.4 Å². The predicted octanol–water partition coefficient (Wildman–Crippen LogP) is 5.11. The normalized spacial score (nSPS) is 10.2. The first-order valence-corrected chi connectivity index (χ1v) is 7.95. The van der Waals surface area contributed by atoms with Crippen LogP contribution in [-0.4, -0.2) is 6.54 Å². The van der Waals surface area contributed by atoms with Gasteiger partial charge >= 0.3 is 0 Å². The van der Waals surface area contributed by atoms with Crippen molar-refractivity contribution >= 4 is 12.4 Å². The van der Waals surface area contributed by atoms with Gasteiger partial charge in [0.05, 0.1) is 0 Å². The van der Waals surface area contributed by atoms with Crippen molar-refractivity contribution in [1.29, 1.82) is 0 Å². The average molecular weight is 338 g/mol. The highest BCUT2D eigenvalue weighted by molar-refractivity contribution is 5.85. The fourth-order valence-electron chi connectivity index (χ4n) is 2.23. The largest absolute Gasteiger partial charge is 0.489 e. The summed E-state index contributed by atoms with van der Waals surface area (Å²) in [4.78, 5) is 0. The number of ether oxygens (including phenoxy) is 1. The van der Waals surface area contributed by atoms with Crippen LogP contribution in [0.5, 0.6) is 5.75 Å². The fraction of sp³-hybridized carbons (Fsp3) is 0.368. The molecule has 0 saturated carbocycles. The Balaban J connectivity index is 0.00000264. The van der Waals surface area contributed by atoms with Crippen molar-refractivity contribution in [3.05, 3.63) is 65.5 Å². The van der Waals surface area contributed by atoms with Gasteiger partial charge in [0.2, 0.25) is 0 Å². The average Bonchev–Trinajstić information content (AvgIpc) is 2.55. The Kier molecular flexibility index (Phi) is 9.34. The van der Waals surface area contributed by atoms with Crippen molar-refractivity contribution in [2.45, 2.75) is 39.3 Å². The van der Waals surface area contributed by atoms with E-state index in [9.17, 15) is 4.39 Å². The van der Waals surface area contributed by atoms with Crippen LogP contribution in [0.2, 0.25) is 0 Å². The maximum atomic E-state index is 12.9. The molecule has 0 radical (unpaired) electrons. The Bertz CT molecular complexity index is 560. The molecule has 2 rings (SSSR count). The molecule has 0 spiro atoms. The lowest BCUT2D eigenvalue weighted by Gasteiger charge is -2.09. The molecule has 2 aromatic carbocycles. The summed E-state index contributed by atoms with van der Waals surface area (Å²) in [7, 11) is 0. The molecule has 0 amide bonds. The zero-order chi connectivity index (χ0) is 15.6. The van der Waals surface area contributed by atoms with Crippen molar-refractivity contribution < 1.29 is 9.13 Å². The van der Waals surface area contributed by atoms with E-state index in [0.717, 1.165) is 24.4 Å². The second-order valence-electron chi connectivity index (χ2n) is 5.45. The van der Waals surface area contributed by atoms with E-state index < -0.39 is 0 Å². The van der Waals surface area contributed by atoms with Crippen LogP contribution < -0.4 is 10.1 Å². The number of rotatable bonds is 9. The van der Waals surface area contributed by atoms with E-state index in [1.165, 1.54) is 37.0 Å². The van der Waals surface area contributed by atoms with E-state index in [2.05, 4.69) is 24.4 Å². The minimum absolute atomic E-state index is 0. The van der Waals surface area contributed by atoms with E-state index in [0.29, 0.717) is 6.61 Å². The van der Waals surface area contributed by atoms with Gasteiger partial charge in [-0.1, -0.05) is 44.0 Å². The molecule has 0 heterocycles. The third-order valence-corrected chi connectivity index (χ3v) is 3.50. The van der Waals surface area contributed by atoms with Crippen LogP contribution in [0.15, 0.2) is 48.5 Å². The first kappa shape index (κ1) is 19.5. The molecule has 0 bridgehead atoms. The molecule has 0 atom stereocenters. The Hall–Kier alpha value is -1.58. The van der Waals surface area contributed by atoms with E-state index in [-0.39, 0.29) is 18.2 Å². The molecule has 0 aliphatic rings. The summed E-state index contributed by atoms with van der Waals surface area (Å²) in [5.41, 5.74) is 2.18. The summed E-state index contributed by atoms with van der Waals surface area (Å²) in [5, 5.41) is 3.45. The van der Waals surface area contributed by atoms with Gasteiger partial charge in [0.25, 0.3) is 0 Å². The van der Waals surface area contributed by atoms with E-state index in [4.69, 9.17) is 4.74 Å². The SMILES string of the molecule is CCCCCNCc1cccc(OCc2ccc(F)cc2)c1.Cl. The first-order valence-electron chi connectivity index (χ1n) is 7.95. The van der Waals surface area contributed by atoms with Gasteiger partial charge in [-0.3, -0.25) is 0 Å². The van der Waals surface area contributed by atoms with E-state index in [1.54, 1.807) is 12.1 Å². The summed E-state index contributed by atoms with van der Waals surface area (Å²) in [5.74, 6) is 0.622. The monoisotopic (exact) mass is 337 g/mol. The quantitative estimate of drug-likeness (QED) is 0.642. The molecule has 1 N–H and O–H groups in total. The second-order valence-corrected chi connectivity index (χ2v) is 5.45. The lowest BCUT2D eigenvalue weighted by Crippen LogP contribution is -2.14. The van der Waals surface area contributed by atoms with E-state index in [1.807, 2.05) is 12.1 Å². The first-order chi connectivity index (χ1) is 10.8. The number of benzene rings is 2. The van der Waals surface area contributed by atoms with Crippen molar-refractivity contribution in [1.82, 2.24) is 5.32 Å². The summed E-state index contributed by atoms with van der Waals surface area (Å²) in [6, 6.07) is 14.5. The number of hydrogen-bond donors (Lipinski definition) is 1. The highest BCUT2D eigenvalue weighted by atomic mass is 35.5. The molecule has 0 unspecified atom stereocenters. The third-order valence-electron chi connectivity index (χ3n) is 3.50. The Morgan fingerprint density at radius 1 is 1.00 bits per heavy atom. The Morgan fingerprint density at radius 3 is 2.52 bits per heavy atom. The Morgan fingerprint density at radius 2 is 1.78 bits per heavy atom. The molecule has 2 nitrogen and oxygen atoms in total. The summed E-state index contributed by atoms with van der Waals surface area (Å²) in [6.07, 6.45) is 3.74. The molecule has 0 aromatic heterocycles. The standard InChI is InChI=1S/C19H24FNO.ClH/c1-2-3-4-12-21-14-17-6-5-7-19(13-17)22-15-16-8-10-18(20)11-9-16;/h5-11,13,21H,2-4,12,14-15H2,1H3;1H. The van der Waals surface area contributed by atoms with Gasteiger partial charge in [-0.25, -0.2) is 4.39 Å². The highest BCUT2D eigenvalue weighted by Gasteiger charge is 1.99. The molecular weight excluding hydrogens is 313 g/mol. The molecule has 0 fully saturated rings. The van der Waals surface area contributed by atoms with Gasteiger partial charge in [0.15, 0.2) is 0 Å². The van der Waals surface area contributed by atoms with Gasteiger partial charge in [-0.2, -0.15) is 0 Å². The van der Waals surface area contributed by atoms with Crippen LogP contribution in [0, 0.1) is 5.82 Å². The zero-order valence-electron chi connectivity index (χ0n) is 13.6. The number of unbranched alkanes of at least 4 members (excludes halogenated alkanes) is 2. The molecule has 4 heteroatoms. The number of halogens is 2. The maximum Gasteiger partial charge on any atom is 0.123 e. The van der Waals surface area contributed by atoms with Crippen LogP contribution in [0.25, 0.3) is 0 Å². The minimum atomic E-state index is -0.222. The number of nitrogens with one attached hydrogen (secondary N) is 1. The molecule has 126 valence electrons. The zero-order valence-corrected chi connectivity index (χ0v) is 14.4. The molecule has 0 aliphatic carbocycles. The minimum Gasteiger partial charge on any atom is -0.489 e. The number of hydrogen-bond acceptors (Lipinski definition) is 2. The molecular formula is C19H25ClFNO. The smallest absolute Gasteiger partial charge is 0.123 e. The molecule has 2 aromatic rings. The van der Waals surface area contributed by atoms with Crippen molar-refractivity contribution in [2.75, 3.05) is 6.54 Å². The van der Waals surface area contributed by atoms with Crippen molar-refractivity contribution in [2.24, 2.45) is 0 Å². The van der Waals surface area contributed by atoms with Crippen LogP contribution in [0.4, 0.5) is 4.39 Å².